The summed E-state index contributed by atoms with van der Waals surface area (Å²) in [5.74, 6) is 0. The molecule has 16 heavy (non-hydrogen) atoms. The summed E-state index contributed by atoms with van der Waals surface area (Å²) < 4.78 is 71.9. The molecule has 0 aliphatic heterocycles. The molecule has 0 aliphatic carbocycles. The van der Waals surface area contributed by atoms with Gasteiger partial charge in [0.25, 0.3) is 0 Å². The van der Waals surface area contributed by atoms with E-state index in [1.54, 1.807) is 0 Å². The van der Waals surface area contributed by atoms with E-state index in [0.29, 0.717) is 12.1 Å². The first-order chi connectivity index (χ1) is 7.18. The van der Waals surface area contributed by atoms with Crippen LogP contribution in [-0.4, -0.2) is 6.18 Å². The molecule has 0 bridgehead atoms. The molecule has 0 heterocycles. The zero-order chi connectivity index (χ0) is 12.4. The average Bonchev–Trinajstić information content (AvgIpc) is 2.13. The van der Waals surface area contributed by atoms with Crippen LogP contribution in [0.2, 0.25) is 0 Å². The van der Waals surface area contributed by atoms with Crippen LogP contribution >= 0.6 is 0 Å². The summed E-state index contributed by atoms with van der Waals surface area (Å²) in [4.78, 5) is 0. The Kier molecular flexibility index (Phi) is 3.30. The van der Waals surface area contributed by atoms with Crippen molar-refractivity contribution >= 4 is 6.08 Å². The predicted octanol–water partition coefficient (Wildman–Crippen LogP) is 4.28. The van der Waals surface area contributed by atoms with Crippen LogP contribution in [0.15, 0.2) is 30.3 Å². The third-order valence-electron chi connectivity index (χ3n) is 1.68. The second kappa shape index (κ2) is 4.19. The largest absolute Gasteiger partial charge is 0.416 e. The molecule has 0 aromatic heterocycles. The first-order valence-corrected chi connectivity index (χ1v) is 4.12. The van der Waals surface area contributed by atoms with Crippen LogP contribution in [0.1, 0.15) is 11.1 Å². The predicted molar refractivity (Wildman–Crippen MR) is 46.5 cm³/mol. The molecule has 0 nitrogen and oxygen atoms in total. The van der Waals surface area contributed by atoms with Gasteiger partial charge in [-0.1, -0.05) is 18.2 Å². The molecule has 0 unspecified atom stereocenters. The molecule has 0 fully saturated rings. The van der Waals surface area contributed by atoms with Crippen LogP contribution < -0.4 is 0 Å². The Morgan fingerprint density at radius 3 is 2.06 bits per heavy atom. The van der Waals surface area contributed by atoms with E-state index in [9.17, 15) is 26.3 Å². The molecule has 0 radical (unpaired) electrons. The first kappa shape index (κ1) is 12.6. The van der Waals surface area contributed by atoms with Crippen molar-refractivity contribution in [2.75, 3.05) is 0 Å². The number of benzene rings is 1. The Morgan fingerprint density at radius 2 is 1.56 bits per heavy atom. The fourth-order valence-corrected chi connectivity index (χ4v) is 1.01. The highest BCUT2D eigenvalue weighted by Gasteiger charge is 2.30. The van der Waals surface area contributed by atoms with Crippen LogP contribution in [0.25, 0.3) is 6.08 Å². The number of rotatable bonds is 1. The average molecular weight is 240 g/mol. The normalized spacial score (nSPS) is 13.4. The highest BCUT2D eigenvalue weighted by atomic mass is 19.4. The SMILES string of the molecule is FC(F)(F)/C=C/c1cccc(C(F)(F)F)c1. The van der Waals surface area contributed by atoms with Gasteiger partial charge in [-0.05, 0) is 17.7 Å². The Balaban J connectivity index is 2.96. The van der Waals surface area contributed by atoms with E-state index in [2.05, 4.69) is 0 Å². The van der Waals surface area contributed by atoms with Crippen molar-refractivity contribution in [1.29, 1.82) is 0 Å². The Hall–Kier alpha value is -1.46. The van der Waals surface area contributed by atoms with Crippen LogP contribution in [0.4, 0.5) is 26.3 Å². The molecular weight excluding hydrogens is 234 g/mol. The Bertz CT molecular complexity index is 385. The minimum Gasteiger partial charge on any atom is -0.167 e. The molecule has 0 spiro atoms. The summed E-state index contributed by atoms with van der Waals surface area (Å²) in [7, 11) is 0. The van der Waals surface area contributed by atoms with Gasteiger partial charge in [0.2, 0.25) is 0 Å². The van der Waals surface area contributed by atoms with Crippen molar-refractivity contribution < 1.29 is 26.3 Å². The summed E-state index contributed by atoms with van der Waals surface area (Å²) >= 11 is 0. The maximum atomic E-state index is 12.2. The van der Waals surface area contributed by atoms with Gasteiger partial charge in [0, 0.05) is 6.08 Å². The van der Waals surface area contributed by atoms with Gasteiger partial charge in [-0.3, -0.25) is 0 Å². The molecule has 0 atom stereocenters. The summed E-state index contributed by atoms with van der Waals surface area (Å²) in [6, 6.07) is 3.67. The molecular formula is C10H6F6. The molecule has 1 aromatic rings. The molecule has 1 rings (SSSR count). The first-order valence-electron chi connectivity index (χ1n) is 4.12. The lowest BCUT2D eigenvalue weighted by Gasteiger charge is -2.06. The molecule has 0 N–H and O–H groups in total. The van der Waals surface area contributed by atoms with Crippen molar-refractivity contribution in [3.8, 4) is 0 Å². The van der Waals surface area contributed by atoms with Gasteiger partial charge in [0.05, 0.1) is 5.56 Å². The Morgan fingerprint density at radius 1 is 0.938 bits per heavy atom. The summed E-state index contributed by atoms with van der Waals surface area (Å²) in [6.45, 7) is 0. The zero-order valence-electron chi connectivity index (χ0n) is 7.73. The fourth-order valence-electron chi connectivity index (χ4n) is 1.01. The number of hydrogen-bond donors (Lipinski definition) is 0. The molecule has 0 amide bonds. The second-order valence-electron chi connectivity index (χ2n) is 3.00. The molecule has 1 aromatic carbocycles. The highest BCUT2D eigenvalue weighted by molar-refractivity contribution is 5.51. The lowest BCUT2D eigenvalue weighted by Crippen LogP contribution is -2.04. The maximum absolute atomic E-state index is 12.2. The van der Waals surface area contributed by atoms with Crippen LogP contribution in [0.5, 0.6) is 0 Å². The third kappa shape index (κ3) is 3.96. The van der Waals surface area contributed by atoms with Gasteiger partial charge >= 0.3 is 12.4 Å². The van der Waals surface area contributed by atoms with E-state index in [0.717, 1.165) is 18.2 Å². The standard InChI is InChI=1S/C10H6F6/c11-9(12,13)5-4-7-2-1-3-8(6-7)10(14,15)16/h1-6H/b5-4+. The van der Waals surface area contributed by atoms with Crippen LogP contribution in [0, 0.1) is 0 Å². The van der Waals surface area contributed by atoms with E-state index < -0.39 is 17.9 Å². The van der Waals surface area contributed by atoms with Gasteiger partial charge in [0.15, 0.2) is 0 Å². The van der Waals surface area contributed by atoms with Crippen molar-refractivity contribution in [3.63, 3.8) is 0 Å². The number of halogens is 6. The Labute approximate surface area is 87.2 Å². The quantitative estimate of drug-likeness (QED) is 0.642. The van der Waals surface area contributed by atoms with Gasteiger partial charge in [-0.25, -0.2) is 0 Å². The van der Waals surface area contributed by atoms with E-state index >= 15 is 0 Å². The lowest BCUT2D eigenvalue weighted by molar-refractivity contribution is -0.137. The van der Waals surface area contributed by atoms with E-state index in [4.69, 9.17) is 0 Å². The number of allylic oxidation sites excluding steroid dienone is 1. The van der Waals surface area contributed by atoms with Crippen molar-refractivity contribution in [3.05, 3.63) is 41.5 Å². The van der Waals surface area contributed by atoms with E-state index in [1.807, 2.05) is 0 Å². The third-order valence-corrected chi connectivity index (χ3v) is 1.68. The molecule has 6 heteroatoms. The van der Waals surface area contributed by atoms with Crippen LogP contribution in [0.3, 0.4) is 0 Å². The topological polar surface area (TPSA) is 0 Å². The minimum absolute atomic E-state index is 0.109. The van der Waals surface area contributed by atoms with E-state index in [-0.39, 0.29) is 11.6 Å². The highest BCUT2D eigenvalue weighted by Crippen LogP contribution is 2.30. The van der Waals surface area contributed by atoms with Gasteiger partial charge in [-0.2, -0.15) is 26.3 Å². The van der Waals surface area contributed by atoms with Gasteiger partial charge in [-0.15, -0.1) is 0 Å². The molecule has 0 aliphatic rings. The van der Waals surface area contributed by atoms with Gasteiger partial charge < -0.3 is 0 Å². The minimum atomic E-state index is -4.55. The van der Waals surface area contributed by atoms with Crippen molar-refractivity contribution in [2.45, 2.75) is 12.4 Å². The van der Waals surface area contributed by atoms with Crippen LogP contribution in [-0.2, 0) is 6.18 Å². The van der Waals surface area contributed by atoms with E-state index in [1.165, 1.54) is 0 Å². The number of hydrogen-bond acceptors (Lipinski definition) is 0. The molecule has 0 saturated heterocycles. The van der Waals surface area contributed by atoms with Crippen molar-refractivity contribution in [2.24, 2.45) is 0 Å². The monoisotopic (exact) mass is 240 g/mol. The summed E-state index contributed by atoms with van der Waals surface area (Å²) in [5, 5.41) is 0. The second-order valence-corrected chi connectivity index (χ2v) is 3.00. The maximum Gasteiger partial charge on any atom is 0.416 e. The zero-order valence-corrected chi connectivity index (χ0v) is 7.73. The smallest absolute Gasteiger partial charge is 0.167 e. The molecule has 0 saturated carbocycles. The summed E-state index contributed by atoms with van der Waals surface area (Å²) in [5.41, 5.74) is -1.12. The summed E-state index contributed by atoms with van der Waals surface area (Å²) in [6.07, 6.45) is -8.60. The molecule has 88 valence electrons. The lowest BCUT2D eigenvalue weighted by atomic mass is 10.1. The number of alkyl halides is 6. The van der Waals surface area contributed by atoms with Gasteiger partial charge in [0.1, 0.15) is 0 Å². The van der Waals surface area contributed by atoms with Crippen molar-refractivity contribution in [1.82, 2.24) is 0 Å². The fraction of sp³-hybridized carbons (Fsp3) is 0.200.